The van der Waals surface area contributed by atoms with Crippen LogP contribution in [0.2, 0.25) is 0 Å². The predicted octanol–water partition coefficient (Wildman–Crippen LogP) is 1.60. The molecule has 184 valence electrons. The van der Waals surface area contributed by atoms with Gasteiger partial charge >= 0.3 is 6.03 Å². The summed E-state index contributed by atoms with van der Waals surface area (Å²) in [5.41, 5.74) is 0.742. The van der Waals surface area contributed by atoms with Gasteiger partial charge in [-0.2, -0.15) is 0 Å². The summed E-state index contributed by atoms with van der Waals surface area (Å²) in [6.45, 7) is 4.58. The molecule has 3 amide bonds. The van der Waals surface area contributed by atoms with E-state index in [2.05, 4.69) is 20.9 Å². The number of carbonyl (C=O) groups is 2. The number of rotatable bonds is 7. The molecule has 9 nitrogen and oxygen atoms in total. The van der Waals surface area contributed by atoms with Crippen LogP contribution in [0, 0.1) is 0 Å². The van der Waals surface area contributed by atoms with Gasteiger partial charge in [-0.25, -0.2) is 4.79 Å². The first-order chi connectivity index (χ1) is 16.3. The number of benzene rings is 1. The van der Waals surface area contributed by atoms with Crippen LogP contribution < -0.4 is 21.5 Å². The Morgan fingerprint density at radius 1 is 1.15 bits per heavy atom. The van der Waals surface area contributed by atoms with Crippen LogP contribution in [0.1, 0.15) is 55.9 Å². The Kier molecular flexibility index (Phi) is 7.23. The standard InChI is InChI=1S/C25H35N5O4/c1-15(2)30-22-7-5-4-6-16(22)10-21(24(30)33)23(32)28-17-11-18-8-9-19(12-17)29(18)14-20(31)13-27-25(34)26-3/h4-7,10,15,17-20,31H,8-9,11-14H2,1-3H3,(H,28,32)(H2,26,27,34)/t17?,18-,19+,20?. The third-order valence-electron chi connectivity index (χ3n) is 7.07. The molecule has 1 aromatic heterocycles. The molecule has 0 spiro atoms. The van der Waals surface area contributed by atoms with Crippen molar-refractivity contribution in [1.29, 1.82) is 0 Å². The molecule has 2 saturated heterocycles. The molecule has 2 aliphatic heterocycles. The minimum Gasteiger partial charge on any atom is -0.390 e. The fourth-order valence-electron chi connectivity index (χ4n) is 5.52. The summed E-state index contributed by atoms with van der Waals surface area (Å²) in [5, 5.41) is 19.5. The highest BCUT2D eigenvalue weighted by Gasteiger charge is 2.41. The highest BCUT2D eigenvalue weighted by Crippen LogP contribution is 2.35. The van der Waals surface area contributed by atoms with Crippen molar-refractivity contribution in [2.24, 2.45) is 0 Å². The van der Waals surface area contributed by atoms with Crippen LogP contribution in [0.15, 0.2) is 35.1 Å². The van der Waals surface area contributed by atoms with E-state index in [4.69, 9.17) is 0 Å². The van der Waals surface area contributed by atoms with Crippen molar-refractivity contribution in [1.82, 2.24) is 25.4 Å². The van der Waals surface area contributed by atoms with Gasteiger partial charge in [0.05, 0.1) is 11.6 Å². The number of hydrogen-bond donors (Lipinski definition) is 4. The van der Waals surface area contributed by atoms with Crippen LogP contribution in [-0.2, 0) is 0 Å². The van der Waals surface area contributed by atoms with E-state index in [0.717, 1.165) is 36.6 Å². The summed E-state index contributed by atoms with van der Waals surface area (Å²) >= 11 is 0. The number of pyridine rings is 1. The molecule has 2 aliphatic rings. The summed E-state index contributed by atoms with van der Waals surface area (Å²) in [6, 6.07) is 9.48. The smallest absolute Gasteiger partial charge is 0.314 e. The van der Waals surface area contributed by atoms with E-state index in [-0.39, 0.29) is 53.8 Å². The molecule has 1 aromatic carbocycles. The second-order valence-corrected chi connectivity index (χ2v) is 9.72. The molecule has 4 rings (SSSR count). The number of aliphatic hydroxyl groups excluding tert-OH is 1. The highest BCUT2D eigenvalue weighted by molar-refractivity contribution is 5.97. The van der Waals surface area contributed by atoms with E-state index in [0.29, 0.717) is 6.54 Å². The number of amides is 3. The average molecular weight is 470 g/mol. The highest BCUT2D eigenvalue weighted by atomic mass is 16.3. The second kappa shape index (κ2) is 10.1. The Morgan fingerprint density at radius 2 is 1.82 bits per heavy atom. The Bertz CT molecular complexity index is 1100. The van der Waals surface area contributed by atoms with E-state index < -0.39 is 6.10 Å². The van der Waals surface area contributed by atoms with Crippen molar-refractivity contribution >= 4 is 22.8 Å². The van der Waals surface area contributed by atoms with Gasteiger partial charge in [0, 0.05) is 44.3 Å². The van der Waals surface area contributed by atoms with E-state index in [1.165, 1.54) is 7.05 Å². The third-order valence-corrected chi connectivity index (χ3v) is 7.07. The quantitative estimate of drug-likeness (QED) is 0.492. The monoisotopic (exact) mass is 469 g/mol. The fraction of sp³-hybridized carbons (Fsp3) is 0.560. The number of nitrogens with zero attached hydrogens (tertiary/aromatic N) is 2. The Labute approximate surface area is 199 Å². The lowest BCUT2D eigenvalue weighted by Crippen LogP contribution is -2.53. The Balaban J connectivity index is 1.43. The number of urea groups is 1. The number of para-hydroxylation sites is 1. The zero-order valence-electron chi connectivity index (χ0n) is 20.1. The molecule has 34 heavy (non-hydrogen) atoms. The lowest BCUT2D eigenvalue weighted by Gasteiger charge is -2.40. The number of fused-ring (bicyclic) bond motifs is 3. The van der Waals surface area contributed by atoms with Gasteiger partial charge < -0.3 is 25.6 Å². The maximum Gasteiger partial charge on any atom is 0.314 e. The molecule has 0 aliphatic carbocycles. The molecule has 3 heterocycles. The maximum atomic E-state index is 13.2. The van der Waals surface area contributed by atoms with E-state index in [9.17, 15) is 19.5 Å². The van der Waals surface area contributed by atoms with Gasteiger partial charge in [0.1, 0.15) is 5.56 Å². The van der Waals surface area contributed by atoms with Crippen molar-refractivity contribution < 1.29 is 14.7 Å². The van der Waals surface area contributed by atoms with Gasteiger partial charge in [-0.3, -0.25) is 14.5 Å². The lowest BCUT2D eigenvalue weighted by molar-refractivity contribution is 0.0513. The van der Waals surface area contributed by atoms with Crippen molar-refractivity contribution in [3.05, 3.63) is 46.2 Å². The predicted molar refractivity (Wildman–Crippen MR) is 131 cm³/mol. The van der Waals surface area contributed by atoms with E-state index in [1.54, 1.807) is 10.6 Å². The number of aromatic nitrogens is 1. The third kappa shape index (κ3) is 4.95. The number of hydrogen-bond acceptors (Lipinski definition) is 5. The van der Waals surface area contributed by atoms with Gasteiger partial charge in [0.25, 0.3) is 11.5 Å². The molecule has 0 saturated carbocycles. The summed E-state index contributed by atoms with van der Waals surface area (Å²) in [5.74, 6) is -0.321. The fourth-order valence-corrected chi connectivity index (χ4v) is 5.52. The zero-order valence-corrected chi connectivity index (χ0v) is 20.1. The van der Waals surface area contributed by atoms with Crippen LogP contribution in [0.3, 0.4) is 0 Å². The molecule has 9 heteroatoms. The normalized spacial score (nSPS) is 23.1. The largest absolute Gasteiger partial charge is 0.390 e. The van der Waals surface area contributed by atoms with Crippen molar-refractivity contribution in [2.45, 2.75) is 69.8 Å². The van der Waals surface area contributed by atoms with E-state index >= 15 is 0 Å². The summed E-state index contributed by atoms with van der Waals surface area (Å²) in [4.78, 5) is 40.0. The van der Waals surface area contributed by atoms with Crippen LogP contribution in [0.25, 0.3) is 10.9 Å². The van der Waals surface area contributed by atoms with Crippen LogP contribution in [0.4, 0.5) is 4.79 Å². The zero-order chi connectivity index (χ0) is 24.4. The van der Waals surface area contributed by atoms with Crippen molar-refractivity contribution in [2.75, 3.05) is 20.1 Å². The molecule has 4 N–H and O–H groups in total. The van der Waals surface area contributed by atoms with E-state index in [1.807, 2.05) is 38.1 Å². The molecule has 2 unspecified atom stereocenters. The number of carbonyl (C=O) groups excluding carboxylic acids is 2. The lowest BCUT2D eigenvalue weighted by atomic mass is 9.96. The topological polar surface area (TPSA) is 116 Å². The number of piperidine rings is 1. The second-order valence-electron chi connectivity index (χ2n) is 9.72. The van der Waals surface area contributed by atoms with Gasteiger partial charge in [-0.05, 0) is 57.0 Å². The number of nitrogens with one attached hydrogen (secondary N) is 3. The first-order valence-electron chi connectivity index (χ1n) is 12.1. The summed E-state index contributed by atoms with van der Waals surface area (Å²) < 4.78 is 1.69. The SMILES string of the molecule is CNC(=O)NCC(O)CN1[C@@H]2CC[C@H]1CC(NC(=O)c1cc3ccccc3n(C(C)C)c1=O)C2. The van der Waals surface area contributed by atoms with Gasteiger partial charge in [-0.1, -0.05) is 18.2 Å². The van der Waals surface area contributed by atoms with Gasteiger partial charge in [-0.15, -0.1) is 0 Å². The average Bonchev–Trinajstić information content (AvgIpc) is 3.03. The minimum absolute atomic E-state index is 0.0132. The number of aliphatic hydroxyl groups is 1. The van der Waals surface area contributed by atoms with Gasteiger partial charge in [0.2, 0.25) is 0 Å². The molecular weight excluding hydrogens is 434 g/mol. The maximum absolute atomic E-state index is 13.2. The molecule has 0 radical (unpaired) electrons. The summed E-state index contributed by atoms with van der Waals surface area (Å²) in [7, 11) is 1.54. The molecule has 4 atom stereocenters. The molecular formula is C25H35N5O4. The molecule has 2 aromatic rings. The van der Waals surface area contributed by atoms with Crippen LogP contribution >= 0.6 is 0 Å². The minimum atomic E-state index is -0.654. The Hall–Kier alpha value is -2.91. The first kappa shape index (κ1) is 24.2. The molecule has 2 fully saturated rings. The Morgan fingerprint density at radius 3 is 2.47 bits per heavy atom. The van der Waals surface area contributed by atoms with Gasteiger partial charge in [0.15, 0.2) is 0 Å². The molecule has 2 bridgehead atoms. The summed E-state index contributed by atoms with van der Waals surface area (Å²) in [6.07, 6.45) is 2.94. The first-order valence-corrected chi connectivity index (χ1v) is 12.1. The van der Waals surface area contributed by atoms with Crippen molar-refractivity contribution in [3.63, 3.8) is 0 Å². The van der Waals surface area contributed by atoms with Crippen molar-refractivity contribution in [3.8, 4) is 0 Å². The van der Waals surface area contributed by atoms with Crippen LogP contribution in [0.5, 0.6) is 0 Å². The van der Waals surface area contributed by atoms with Crippen LogP contribution in [-0.4, -0.2) is 70.9 Å².